The first-order valence-corrected chi connectivity index (χ1v) is 6.43. The Bertz CT molecular complexity index is 673. The predicted molar refractivity (Wildman–Crippen MR) is 75.3 cm³/mol. The molecule has 4 heteroatoms. The molecule has 0 spiro atoms. The minimum absolute atomic E-state index is 0.657. The van der Waals surface area contributed by atoms with Gasteiger partial charge >= 0.3 is 0 Å². The smallest absolute Gasteiger partial charge is 0.279 e. The van der Waals surface area contributed by atoms with Gasteiger partial charge in [0.15, 0.2) is 0 Å². The van der Waals surface area contributed by atoms with Crippen molar-refractivity contribution in [3.63, 3.8) is 0 Å². The Morgan fingerprint density at radius 2 is 2.00 bits per heavy atom. The number of rotatable bonds is 2. The van der Waals surface area contributed by atoms with E-state index in [-0.39, 0.29) is 0 Å². The van der Waals surface area contributed by atoms with E-state index < -0.39 is 0 Å². The normalized spacial score (nSPS) is 10.7. The fraction of sp³-hybridized carbons (Fsp3) is 0.0714. The summed E-state index contributed by atoms with van der Waals surface area (Å²) in [6.45, 7) is 1.97. The lowest BCUT2D eigenvalue weighted by Gasteiger charge is -2.05. The summed E-state index contributed by atoms with van der Waals surface area (Å²) < 4.78 is 6.93. The van der Waals surface area contributed by atoms with Gasteiger partial charge in [0, 0.05) is 5.69 Å². The zero-order chi connectivity index (χ0) is 12.5. The number of ether oxygens (including phenoxy) is 1. The molecule has 1 aromatic heterocycles. The van der Waals surface area contributed by atoms with Gasteiger partial charge in [-0.15, -0.1) is 0 Å². The van der Waals surface area contributed by atoms with Crippen LogP contribution in [0.2, 0.25) is 0 Å². The molecule has 90 valence electrons. The Balaban J connectivity index is 1.96. The third kappa shape index (κ3) is 2.02. The van der Waals surface area contributed by atoms with Gasteiger partial charge in [-0.3, -0.25) is 0 Å². The maximum absolute atomic E-state index is 5.80. The van der Waals surface area contributed by atoms with Crippen LogP contribution in [-0.2, 0) is 0 Å². The summed E-state index contributed by atoms with van der Waals surface area (Å²) in [6, 6.07) is 13.6. The lowest BCUT2D eigenvalue weighted by atomic mass is 10.2. The predicted octanol–water partition coefficient (Wildman–Crippen LogP) is 3.98. The number of hydrogen-bond donors (Lipinski definition) is 1. The molecule has 0 saturated carbocycles. The van der Waals surface area contributed by atoms with Crippen LogP contribution in [0.5, 0.6) is 10.9 Å². The number of para-hydroxylation sites is 1. The average molecular weight is 256 g/mol. The number of nitrogens with zero attached hydrogens (tertiary/aromatic N) is 1. The number of benzene rings is 2. The van der Waals surface area contributed by atoms with E-state index >= 15 is 0 Å². The van der Waals surface area contributed by atoms with Crippen LogP contribution in [-0.4, -0.2) is 4.98 Å². The Labute approximate surface area is 109 Å². The lowest BCUT2D eigenvalue weighted by Crippen LogP contribution is -1.90. The second kappa shape index (κ2) is 4.31. The van der Waals surface area contributed by atoms with Crippen molar-refractivity contribution in [3.05, 3.63) is 48.0 Å². The quantitative estimate of drug-likeness (QED) is 0.705. The number of hydrogen-bond acceptors (Lipinski definition) is 4. The molecule has 0 amide bonds. The van der Waals surface area contributed by atoms with Crippen LogP contribution in [0, 0.1) is 6.92 Å². The summed E-state index contributed by atoms with van der Waals surface area (Å²) in [5, 5.41) is 0.657. The van der Waals surface area contributed by atoms with Gasteiger partial charge in [-0.05, 0) is 42.8 Å². The SMILES string of the molecule is Cc1cc(N)ccc1Oc1nc2ccccc2s1. The van der Waals surface area contributed by atoms with Gasteiger partial charge in [0.25, 0.3) is 5.19 Å². The minimum atomic E-state index is 0.657. The third-order valence-corrected chi connectivity index (χ3v) is 3.58. The number of aromatic nitrogens is 1. The molecule has 0 radical (unpaired) electrons. The van der Waals surface area contributed by atoms with E-state index in [9.17, 15) is 0 Å². The third-order valence-electron chi connectivity index (χ3n) is 2.67. The summed E-state index contributed by atoms with van der Waals surface area (Å²) in [7, 11) is 0. The van der Waals surface area contributed by atoms with E-state index in [4.69, 9.17) is 10.5 Å². The van der Waals surface area contributed by atoms with Gasteiger partial charge < -0.3 is 10.5 Å². The number of thiazole rings is 1. The van der Waals surface area contributed by atoms with Crippen LogP contribution >= 0.6 is 11.3 Å². The molecule has 0 aliphatic carbocycles. The van der Waals surface area contributed by atoms with E-state index in [2.05, 4.69) is 4.98 Å². The van der Waals surface area contributed by atoms with E-state index in [0.29, 0.717) is 5.19 Å². The lowest BCUT2D eigenvalue weighted by molar-refractivity contribution is 0.476. The van der Waals surface area contributed by atoms with Crippen LogP contribution < -0.4 is 10.5 Å². The number of nitrogen functional groups attached to an aromatic ring is 1. The van der Waals surface area contributed by atoms with Gasteiger partial charge in [-0.25, -0.2) is 4.98 Å². The summed E-state index contributed by atoms with van der Waals surface area (Å²) in [5.74, 6) is 0.795. The van der Waals surface area contributed by atoms with Gasteiger partial charge in [0.05, 0.1) is 10.2 Å². The second-order valence-electron chi connectivity index (χ2n) is 4.07. The number of fused-ring (bicyclic) bond motifs is 1. The summed E-state index contributed by atoms with van der Waals surface area (Å²) in [5.41, 5.74) is 8.43. The highest BCUT2D eigenvalue weighted by atomic mass is 32.1. The van der Waals surface area contributed by atoms with Crippen molar-refractivity contribution in [2.75, 3.05) is 5.73 Å². The maximum atomic E-state index is 5.80. The molecular formula is C14H12N2OS. The first kappa shape index (κ1) is 11.0. The molecular weight excluding hydrogens is 244 g/mol. The van der Waals surface area contributed by atoms with Crippen LogP contribution in [0.25, 0.3) is 10.2 Å². The van der Waals surface area contributed by atoms with Crippen molar-refractivity contribution < 1.29 is 4.74 Å². The monoisotopic (exact) mass is 256 g/mol. The van der Waals surface area contributed by atoms with Gasteiger partial charge in [-0.1, -0.05) is 23.5 Å². The Morgan fingerprint density at radius 1 is 1.17 bits per heavy atom. The second-order valence-corrected chi connectivity index (χ2v) is 5.07. The number of nitrogens with two attached hydrogens (primary N) is 1. The maximum Gasteiger partial charge on any atom is 0.279 e. The minimum Gasteiger partial charge on any atom is -0.431 e. The standard InChI is InChI=1S/C14H12N2OS/c1-9-8-10(15)6-7-12(9)17-14-16-11-4-2-3-5-13(11)18-14/h2-8H,15H2,1H3. The summed E-state index contributed by atoms with van der Waals surface area (Å²) in [6.07, 6.45) is 0. The number of anilines is 1. The van der Waals surface area contributed by atoms with Crippen molar-refractivity contribution in [3.8, 4) is 10.9 Å². The molecule has 18 heavy (non-hydrogen) atoms. The van der Waals surface area contributed by atoms with Crippen molar-refractivity contribution in [1.82, 2.24) is 4.98 Å². The molecule has 0 aliphatic rings. The Hall–Kier alpha value is -2.07. The van der Waals surface area contributed by atoms with Crippen LogP contribution in [0.15, 0.2) is 42.5 Å². The first-order valence-electron chi connectivity index (χ1n) is 5.62. The van der Waals surface area contributed by atoms with Crippen LogP contribution in [0.4, 0.5) is 5.69 Å². The van der Waals surface area contributed by atoms with Gasteiger partial charge in [0.1, 0.15) is 5.75 Å². The highest BCUT2D eigenvalue weighted by Crippen LogP contribution is 2.32. The van der Waals surface area contributed by atoms with Crippen LogP contribution in [0.1, 0.15) is 5.56 Å². The molecule has 0 unspecified atom stereocenters. The number of aryl methyl sites for hydroxylation is 1. The molecule has 3 nitrogen and oxygen atoms in total. The van der Waals surface area contributed by atoms with E-state index in [1.807, 2.05) is 49.4 Å². The Morgan fingerprint density at radius 3 is 2.78 bits per heavy atom. The fourth-order valence-electron chi connectivity index (χ4n) is 1.78. The summed E-state index contributed by atoms with van der Waals surface area (Å²) >= 11 is 1.54. The molecule has 3 rings (SSSR count). The van der Waals surface area contributed by atoms with Crippen LogP contribution in [0.3, 0.4) is 0 Å². The molecule has 3 aromatic rings. The molecule has 2 aromatic carbocycles. The largest absolute Gasteiger partial charge is 0.431 e. The van der Waals surface area contributed by atoms with E-state index in [1.165, 1.54) is 0 Å². The fourth-order valence-corrected chi connectivity index (χ4v) is 2.60. The zero-order valence-electron chi connectivity index (χ0n) is 9.88. The summed E-state index contributed by atoms with van der Waals surface area (Å²) in [4.78, 5) is 4.44. The van der Waals surface area contributed by atoms with Crippen molar-refractivity contribution in [2.24, 2.45) is 0 Å². The molecule has 2 N–H and O–H groups in total. The molecule has 1 heterocycles. The molecule has 0 aliphatic heterocycles. The topological polar surface area (TPSA) is 48.1 Å². The van der Waals surface area contributed by atoms with E-state index in [1.54, 1.807) is 11.3 Å². The highest BCUT2D eigenvalue weighted by Gasteiger charge is 2.07. The zero-order valence-corrected chi connectivity index (χ0v) is 10.7. The highest BCUT2D eigenvalue weighted by molar-refractivity contribution is 7.20. The molecule has 0 bridgehead atoms. The van der Waals surface area contributed by atoms with E-state index in [0.717, 1.165) is 27.2 Å². The van der Waals surface area contributed by atoms with Crippen molar-refractivity contribution >= 4 is 27.2 Å². The molecule has 0 atom stereocenters. The molecule has 0 fully saturated rings. The van der Waals surface area contributed by atoms with Gasteiger partial charge in [0.2, 0.25) is 0 Å². The Kier molecular flexibility index (Phi) is 2.64. The first-order chi connectivity index (χ1) is 8.72. The molecule has 0 saturated heterocycles. The van der Waals surface area contributed by atoms with Gasteiger partial charge in [-0.2, -0.15) is 0 Å². The average Bonchev–Trinajstić information content (AvgIpc) is 2.75. The van der Waals surface area contributed by atoms with Crippen molar-refractivity contribution in [2.45, 2.75) is 6.92 Å². The van der Waals surface area contributed by atoms with Crippen molar-refractivity contribution in [1.29, 1.82) is 0 Å².